The van der Waals surface area contributed by atoms with Gasteiger partial charge in [0, 0.05) is 31.7 Å². The van der Waals surface area contributed by atoms with E-state index in [0.29, 0.717) is 31.7 Å². The normalized spacial score (nSPS) is 15.7. The maximum absolute atomic E-state index is 12.5. The molecule has 5 heteroatoms. The number of benzene rings is 1. The monoisotopic (exact) mass is 318 g/mol. The number of carbonyl (C=O) groups is 2. The van der Waals surface area contributed by atoms with Gasteiger partial charge in [0.25, 0.3) is 5.91 Å². The van der Waals surface area contributed by atoms with Crippen molar-refractivity contribution in [2.24, 2.45) is 0 Å². The highest BCUT2D eigenvalue weighted by Crippen LogP contribution is 2.26. The van der Waals surface area contributed by atoms with Crippen molar-refractivity contribution in [1.29, 1.82) is 0 Å². The van der Waals surface area contributed by atoms with Crippen molar-refractivity contribution in [3.05, 3.63) is 35.4 Å². The molecule has 1 aromatic carbocycles. The summed E-state index contributed by atoms with van der Waals surface area (Å²) in [5, 5.41) is 8.88. The third kappa shape index (κ3) is 3.91. The van der Waals surface area contributed by atoms with Crippen LogP contribution in [-0.4, -0.2) is 59.5 Å². The Morgan fingerprint density at radius 1 is 1.04 bits per heavy atom. The minimum Gasteiger partial charge on any atom is -0.387 e. The first-order valence-electron chi connectivity index (χ1n) is 8.17. The molecular formula is C18H26N2O3. The number of carbonyl (C=O) groups excluding carboxylic acids is 2. The van der Waals surface area contributed by atoms with Gasteiger partial charge >= 0.3 is 0 Å². The Morgan fingerprint density at radius 3 is 2.04 bits per heavy atom. The molecule has 0 aliphatic carbocycles. The van der Waals surface area contributed by atoms with Gasteiger partial charge in [0.2, 0.25) is 5.91 Å². The van der Waals surface area contributed by atoms with Crippen LogP contribution in [0.5, 0.6) is 0 Å². The Morgan fingerprint density at radius 2 is 1.57 bits per heavy atom. The molecule has 0 atom stereocenters. The second kappa shape index (κ2) is 7.13. The van der Waals surface area contributed by atoms with Crippen molar-refractivity contribution >= 4 is 11.8 Å². The Bertz CT molecular complexity index is 558. The lowest BCUT2D eigenvalue weighted by molar-refractivity contribution is -0.135. The SMILES string of the molecule is CCC(C)(C)c1ccc(C(=O)N2CCN(C(=O)CO)CC2)cc1. The van der Waals surface area contributed by atoms with Crippen LogP contribution in [0.15, 0.2) is 24.3 Å². The van der Waals surface area contributed by atoms with E-state index in [1.807, 2.05) is 24.3 Å². The van der Waals surface area contributed by atoms with Crippen molar-refractivity contribution in [1.82, 2.24) is 9.80 Å². The molecule has 0 radical (unpaired) electrons. The Kier molecular flexibility index (Phi) is 5.42. The van der Waals surface area contributed by atoms with E-state index in [1.54, 1.807) is 9.80 Å². The molecule has 0 aromatic heterocycles. The average Bonchev–Trinajstić information content (AvgIpc) is 2.60. The van der Waals surface area contributed by atoms with Crippen LogP contribution in [0, 0.1) is 0 Å². The van der Waals surface area contributed by atoms with Gasteiger partial charge in [0.05, 0.1) is 0 Å². The summed E-state index contributed by atoms with van der Waals surface area (Å²) in [6.07, 6.45) is 1.04. The van der Waals surface area contributed by atoms with E-state index in [0.717, 1.165) is 6.42 Å². The van der Waals surface area contributed by atoms with Gasteiger partial charge in [-0.1, -0.05) is 32.9 Å². The zero-order chi connectivity index (χ0) is 17.0. The third-order valence-electron chi connectivity index (χ3n) is 4.85. The quantitative estimate of drug-likeness (QED) is 0.918. The molecule has 0 saturated carbocycles. The molecule has 1 aliphatic heterocycles. The lowest BCUT2D eigenvalue weighted by Crippen LogP contribution is -2.51. The van der Waals surface area contributed by atoms with Gasteiger partial charge in [-0.2, -0.15) is 0 Å². The molecule has 0 spiro atoms. The Labute approximate surface area is 137 Å². The zero-order valence-corrected chi connectivity index (χ0v) is 14.2. The molecule has 126 valence electrons. The van der Waals surface area contributed by atoms with Gasteiger partial charge in [0.1, 0.15) is 6.61 Å². The highest BCUT2D eigenvalue weighted by atomic mass is 16.3. The van der Waals surface area contributed by atoms with E-state index in [2.05, 4.69) is 20.8 Å². The molecule has 5 nitrogen and oxygen atoms in total. The van der Waals surface area contributed by atoms with Crippen LogP contribution < -0.4 is 0 Å². The second-order valence-electron chi connectivity index (χ2n) is 6.65. The van der Waals surface area contributed by atoms with E-state index in [9.17, 15) is 9.59 Å². The van der Waals surface area contributed by atoms with Crippen molar-refractivity contribution in [3.63, 3.8) is 0 Å². The van der Waals surface area contributed by atoms with Crippen molar-refractivity contribution < 1.29 is 14.7 Å². The zero-order valence-electron chi connectivity index (χ0n) is 14.2. The molecule has 1 aliphatic rings. The summed E-state index contributed by atoms with van der Waals surface area (Å²) in [5.74, 6) is -0.273. The van der Waals surface area contributed by atoms with Crippen LogP contribution in [-0.2, 0) is 10.2 Å². The summed E-state index contributed by atoms with van der Waals surface area (Å²) < 4.78 is 0. The summed E-state index contributed by atoms with van der Waals surface area (Å²) in [5.41, 5.74) is 2.02. The number of rotatable bonds is 4. The summed E-state index contributed by atoms with van der Waals surface area (Å²) in [6.45, 7) is 8.05. The van der Waals surface area contributed by atoms with Gasteiger partial charge in [-0.15, -0.1) is 0 Å². The molecular weight excluding hydrogens is 292 g/mol. The van der Waals surface area contributed by atoms with Crippen LogP contribution in [0.25, 0.3) is 0 Å². The number of amides is 2. The largest absolute Gasteiger partial charge is 0.387 e. The van der Waals surface area contributed by atoms with Crippen LogP contribution in [0.2, 0.25) is 0 Å². The van der Waals surface area contributed by atoms with E-state index < -0.39 is 6.61 Å². The topological polar surface area (TPSA) is 60.9 Å². The van der Waals surface area contributed by atoms with Gasteiger partial charge in [-0.3, -0.25) is 9.59 Å². The van der Waals surface area contributed by atoms with Crippen LogP contribution >= 0.6 is 0 Å². The fourth-order valence-corrected chi connectivity index (χ4v) is 2.71. The summed E-state index contributed by atoms with van der Waals surface area (Å²) in [6, 6.07) is 7.84. The van der Waals surface area contributed by atoms with E-state index in [1.165, 1.54) is 5.56 Å². The van der Waals surface area contributed by atoms with E-state index in [-0.39, 0.29) is 17.2 Å². The summed E-state index contributed by atoms with van der Waals surface area (Å²) >= 11 is 0. The maximum atomic E-state index is 12.5. The van der Waals surface area contributed by atoms with Gasteiger partial charge in [0.15, 0.2) is 0 Å². The number of aliphatic hydroxyl groups excluding tert-OH is 1. The number of nitrogens with zero attached hydrogens (tertiary/aromatic N) is 2. The first-order valence-corrected chi connectivity index (χ1v) is 8.17. The smallest absolute Gasteiger partial charge is 0.253 e. The minimum atomic E-state index is -0.470. The lowest BCUT2D eigenvalue weighted by Gasteiger charge is -2.34. The van der Waals surface area contributed by atoms with Gasteiger partial charge in [-0.25, -0.2) is 0 Å². The maximum Gasteiger partial charge on any atom is 0.253 e. The number of piperazine rings is 1. The summed E-state index contributed by atoms with van der Waals surface area (Å²) in [4.78, 5) is 27.4. The number of hydrogen-bond acceptors (Lipinski definition) is 3. The Balaban J connectivity index is 2.00. The third-order valence-corrected chi connectivity index (χ3v) is 4.85. The molecule has 0 bridgehead atoms. The molecule has 1 aromatic rings. The standard InChI is InChI=1S/C18H26N2O3/c1-4-18(2,3)15-7-5-14(6-8-15)17(23)20-11-9-19(10-12-20)16(22)13-21/h5-8,21H,4,9-13H2,1-3H3. The highest BCUT2D eigenvalue weighted by Gasteiger charge is 2.25. The molecule has 2 rings (SSSR count). The molecule has 0 unspecified atom stereocenters. The molecule has 1 heterocycles. The number of hydrogen-bond donors (Lipinski definition) is 1. The predicted octanol–water partition coefficient (Wildman–Crippen LogP) is 1.65. The van der Waals surface area contributed by atoms with Gasteiger partial charge < -0.3 is 14.9 Å². The number of aliphatic hydroxyl groups is 1. The fourth-order valence-electron chi connectivity index (χ4n) is 2.71. The van der Waals surface area contributed by atoms with Crippen LogP contribution in [0.1, 0.15) is 43.1 Å². The van der Waals surface area contributed by atoms with Crippen molar-refractivity contribution in [2.45, 2.75) is 32.6 Å². The molecule has 1 fully saturated rings. The van der Waals surface area contributed by atoms with Crippen LogP contribution in [0.3, 0.4) is 0 Å². The minimum absolute atomic E-state index is 0.00181. The first kappa shape index (κ1) is 17.5. The fraction of sp³-hybridized carbons (Fsp3) is 0.556. The van der Waals surface area contributed by atoms with Gasteiger partial charge in [-0.05, 0) is 29.5 Å². The van der Waals surface area contributed by atoms with Crippen molar-refractivity contribution in [3.8, 4) is 0 Å². The van der Waals surface area contributed by atoms with E-state index >= 15 is 0 Å². The predicted molar refractivity (Wildman–Crippen MR) is 89.3 cm³/mol. The average molecular weight is 318 g/mol. The molecule has 1 saturated heterocycles. The molecule has 1 N–H and O–H groups in total. The van der Waals surface area contributed by atoms with Crippen LogP contribution in [0.4, 0.5) is 0 Å². The molecule has 2 amide bonds. The molecule has 23 heavy (non-hydrogen) atoms. The highest BCUT2D eigenvalue weighted by molar-refractivity contribution is 5.94. The first-order chi connectivity index (χ1) is 10.9. The van der Waals surface area contributed by atoms with E-state index in [4.69, 9.17) is 5.11 Å². The van der Waals surface area contributed by atoms with Crippen molar-refractivity contribution in [2.75, 3.05) is 32.8 Å². The lowest BCUT2D eigenvalue weighted by atomic mass is 9.82. The summed E-state index contributed by atoms with van der Waals surface area (Å²) in [7, 11) is 0. The Hall–Kier alpha value is -1.88. The second-order valence-corrected chi connectivity index (χ2v) is 6.65.